The first-order chi connectivity index (χ1) is 9.54. The molecule has 0 bridgehead atoms. The average molecular weight is 354 g/mol. The summed E-state index contributed by atoms with van der Waals surface area (Å²) in [5, 5.41) is 9.02. The molecular formula is C14H16BrN3OS. The van der Waals surface area contributed by atoms with Gasteiger partial charge < -0.3 is 5.32 Å². The van der Waals surface area contributed by atoms with E-state index in [-0.39, 0.29) is 18.5 Å². The van der Waals surface area contributed by atoms with Crippen LogP contribution >= 0.6 is 27.3 Å². The van der Waals surface area contributed by atoms with Gasteiger partial charge in [-0.3, -0.25) is 10.1 Å². The molecule has 20 heavy (non-hydrogen) atoms. The number of benzene rings is 1. The lowest BCUT2D eigenvalue weighted by Gasteiger charge is -2.11. The van der Waals surface area contributed by atoms with E-state index in [0.29, 0.717) is 0 Å². The van der Waals surface area contributed by atoms with Crippen LogP contribution < -0.4 is 10.6 Å². The number of carbonyl (C=O) groups excluding carboxylic acids is 1. The predicted octanol–water partition coefficient (Wildman–Crippen LogP) is 3.50. The fourth-order valence-electron chi connectivity index (χ4n) is 1.68. The molecule has 0 saturated carbocycles. The lowest BCUT2D eigenvalue weighted by molar-refractivity contribution is -0.115. The van der Waals surface area contributed by atoms with E-state index in [1.807, 2.05) is 43.5 Å². The van der Waals surface area contributed by atoms with Gasteiger partial charge in [0, 0.05) is 21.2 Å². The Balaban J connectivity index is 1.83. The molecule has 0 spiro atoms. The van der Waals surface area contributed by atoms with E-state index in [1.54, 1.807) is 11.3 Å². The summed E-state index contributed by atoms with van der Waals surface area (Å²) in [7, 11) is 0. The van der Waals surface area contributed by atoms with Crippen molar-refractivity contribution in [3.63, 3.8) is 0 Å². The van der Waals surface area contributed by atoms with Gasteiger partial charge in [-0.15, -0.1) is 11.3 Å². The van der Waals surface area contributed by atoms with Crippen molar-refractivity contribution >= 4 is 38.9 Å². The zero-order valence-electron chi connectivity index (χ0n) is 11.3. The van der Waals surface area contributed by atoms with Crippen molar-refractivity contribution in [3.8, 4) is 0 Å². The van der Waals surface area contributed by atoms with Gasteiger partial charge in [-0.1, -0.05) is 22.0 Å². The SMILES string of the molecule is Cc1csc(C(C)NCC(=O)Nc2cccc(Br)c2)n1. The smallest absolute Gasteiger partial charge is 0.238 e. The van der Waals surface area contributed by atoms with Crippen molar-refractivity contribution in [1.29, 1.82) is 0 Å². The number of aryl methyl sites for hydroxylation is 1. The van der Waals surface area contributed by atoms with Crippen molar-refractivity contribution in [1.82, 2.24) is 10.3 Å². The summed E-state index contributed by atoms with van der Waals surface area (Å²) >= 11 is 4.98. The standard InChI is InChI=1S/C14H16BrN3OS/c1-9-8-20-14(17-9)10(2)16-7-13(19)18-12-5-3-4-11(15)6-12/h3-6,8,10,16H,7H2,1-2H3,(H,18,19). The highest BCUT2D eigenvalue weighted by Crippen LogP contribution is 2.17. The van der Waals surface area contributed by atoms with Gasteiger partial charge in [0.05, 0.1) is 12.6 Å². The van der Waals surface area contributed by atoms with Gasteiger partial charge in [-0.2, -0.15) is 0 Å². The van der Waals surface area contributed by atoms with Gasteiger partial charge in [0.1, 0.15) is 5.01 Å². The van der Waals surface area contributed by atoms with Crippen LogP contribution in [0.15, 0.2) is 34.1 Å². The highest BCUT2D eigenvalue weighted by Gasteiger charge is 2.10. The zero-order valence-corrected chi connectivity index (χ0v) is 13.7. The quantitative estimate of drug-likeness (QED) is 0.864. The van der Waals surface area contributed by atoms with Crippen LogP contribution in [0, 0.1) is 6.92 Å². The third kappa shape index (κ3) is 4.40. The molecule has 1 atom stereocenters. The molecule has 106 valence electrons. The summed E-state index contributed by atoms with van der Waals surface area (Å²) in [4.78, 5) is 16.3. The molecule has 6 heteroatoms. The number of nitrogens with one attached hydrogen (secondary N) is 2. The maximum absolute atomic E-state index is 11.9. The number of anilines is 1. The summed E-state index contributed by atoms with van der Waals surface area (Å²) in [6.07, 6.45) is 0. The van der Waals surface area contributed by atoms with Crippen molar-refractivity contribution in [3.05, 3.63) is 44.8 Å². The van der Waals surface area contributed by atoms with Gasteiger partial charge in [0.2, 0.25) is 5.91 Å². The van der Waals surface area contributed by atoms with E-state index < -0.39 is 0 Å². The summed E-state index contributed by atoms with van der Waals surface area (Å²) in [5.74, 6) is -0.0665. The lowest BCUT2D eigenvalue weighted by Crippen LogP contribution is -2.30. The third-order valence-corrected chi connectivity index (χ3v) is 4.32. The molecule has 0 radical (unpaired) electrons. The molecule has 1 heterocycles. The summed E-state index contributed by atoms with van der Waals surface area (Å²) in [6.45, 7) is 4.23. The largest absolute Gasteiger partial charge is 0.325 e. The molecule has 4 nitrogen and oxygen atoms in total. The van der Waals surface area contributed by atoms with E-state index in [2.05, 4.69) is 31.5 Å². The monoisotopic (exact) mass is 353 g/mol. The number of amides is 1. The Morgan fingerprint density at radius 2 is 2.30 bits per heavy atom. The van der Waals surface area contributed by atoms with E-state index in [9.17, 15) is 4.79 Å². The molecule has 2 rings (SSSR count). The molecule has 2 aromatic rings. The van der Waals surface area contributed by atoms with Crippen LogP contribution in [-0.2, 0) is 4.79 Å². The minimum absolute atomic E-state index is 0.0665. The molecule has 1 unspecified atom stereocenters. The minimum atomic E-state index is -0.0665. The van der Waals surface area contributed by atoms with Crippen molar-refractivity contribution in [2.45, 2.75) is 19.9 Å². The van der Waals surface area contributed by atoms with Crippen LogP contribution in [0.1, 0.15) is 23.7 Å². The molecular weight excluding hydrogens is 338 g/mol. The number of carbonyl (C=O) groups is 1. The second kappa shape index (κ2) is 6.97. The Bertz CT molecular complexity index is 600. The van der Waals surface area contributed by atoms with E-state index in [0.717, 1.165) is 20.9 Å². The highest BCUT2D eigenvalue weighted by molar-refractivity contribution is 9.10. The molecule has 1 amide bonds. The number of thiazole rings is 1. The normalized spacial score (nSPS) is 12.2. The van der Waals surface area contributed by atoms with Gasteiger partial charge in [0.15, 0.2) is 0 Å². The molecule has 0 fully saturated rings. The fourth-order valence-corrected chi connectivity index (χ4v) is 2.90. The summed E-state index contributed by atoms with van der Waals surface area (Å²) < 4.78 is 0.940. The Morgan fingerprint density at radius 3 is 2.95 bits per heavy atom. The molecule has 0 aliphatic carbocycles. The number of aromatic nitrogens is 1. The van der Waals surface area contributed by atoms with Crippen molar-refractivity contribution in [2.24, 2.45) is 0 Å². The number of halogens is 1. The summed E-state index contributed by atoms with van der Waals surface area (Å²) in [5.41, 5.74) is 1.79. The van der Waals surface area contributed by atoms with Crippen LogP contribution in [0.2, 0.25) is 0 Å². The average Bonchev–Trinajstić information content (AvgIpc) is 2.83. The van der Waals surface area contributed by atoms with Crippen LogP contribution in [0.25, 0.3) is 0 Å². The first kappa shape index (κ1) is 15.2. The van der Waals surface area contributed by atoms with Gasteiger partial charge in [-0.25, -0.2) is 4.98 Å². The second-order valence-corrected chi connectivity index (χ2v) is 6.29. The van der Waals surface area contributed by atoms with Crippen LogP contribution in [-0.4, -0.2) is 17.4 Å². The summed E-state index contributed by atoms with van der Waals surface area (Å²) in [6, 6.07) is 7.60. The lowest BCUT2D eigenvalue weighted by atomic mass is 10.3. The molecule has 0 aliphatic rings. The van der Waals surface area contributed by atoms with Gasteiger partial charge >= 0.3 is 0 Å². The highest BCUT2D eigenvalue weighted by atomic mass is 79.9. The number of hydrogen-bond acceptors (Lipinski definition) is 4. The topological polar surface area (TPSA) is 54.0 Å². The van der Waals surface area contributed by atoms with E-state index in [4.69, 9.17) is 0 Å². The zero-order chi connectivity index (χ0) is 14.5. The maximum Gasteiger partial charge on any atom is 0.238 e. The molecule has 1 aromatic carbocycles. The first-order valence-electron chi connectivity index (χ1n) is 6.25. The number of nitrogens with zero attached hydrogens (tertiary/aromatic N) is 1. The molecule has 2 N–H and O–H groups in total. The third-order valence-electron chi connectivity index (χ3n) is 2.68. The Hall–Kier alpha value is -1.24. The fraction of sp³-hybridized carbons (Fsp3) is 0.286. The van der Waals surface area contributed by atoms with Crippen LogP contribution in [0.4, 0.5) is 5.69 Å². The van der Waals surface area contributed by atoms with Gasteiger partial charge in [0.25, 0.3) is 0 Å². The van der Waals surface area contributed by atoms with Gasteiger partial charge in [-0.05, 0) is 32.0 Å². The van der Waals surface area contributed by atoms with Crippen molar-refractivity contribution < 1.29 is 4.79 Å². The predicted molar refractivity (Wildman–Crippen MR) is 86.0 cm³/mol. The first-order valence-corrected chi connectivity index (χ1v) is 7.92. The number of rotatable bonds is 5. The molecule has 1 aromatic heterocycles. The van der Waals surface area contributed by atoms with Crippen LogP contribution in [0.5, 0.6) is 0 Å². The Kier molecular flexibility index (Phi) is 5.28. The maximum atomic E-state index is 11.9. The Morgan fingerprint density at radius 1 is 1.50 bits per heavy atom. The Labute approximate surface area is 130 Å². The molecule has 0 aliphatic heterocycles. The molecule has 0 saturated heterocycles. The number of hydrogen-bond donors (Lipinski definition) is 2. The van der Waals surface area contributed by atoms with E-state index in [1.165, 1.54) is 0 Å². The van der Waals surface area contributed by atoms with E-state index >= 15 is 0 Å². The minimum Gasteiger partial charge on any atom is -0.325 e. The van der Waals surface area contributed by atoms with Crippen molar-refractivity contribution in [2.75, 3.05) is 11.9 Å². The second-order valence-electron chi connectivity index (χ2n) is 4.49. The van der Waals surface area contributed by atoms with Crippen LogP contribution in [0.3, 0.4) is 0 Å².